The number of nitrogens with zero attached hydrogens (tertiary/aromatic N) is 2. The maximum Gasteiger partial charge on any atom is 0.161 e. The Morgan fingerprint density at radius 1 is 0.295 bits per heavy atom. The molecule has 1 spiro atoms. The number of fused-ring (bicyclic) bond motifs is 12. The van der Waals surface area contributed by atoms with E-state index in [0.717, 1.165) is 33.9 Å². The van der Waals surface area contributed by atoms with Crippen LogP contribution >= 0.6 is 0 Å². The summed E-state index contributed by atoms with van der Waals surface area (Å²) in [5, 5.41) is 0. The zero-order chi connectivity index (χ0) is 41.1. The lowest BCUT2D eigenvalue weighted by Crippen LogP contribution is -2.40. The van der Waals surface area contributed by atoms with Gasteiger partial charge in [-0.2, -0.15) is 0 Å². The fourth-order valence-electron chi connectivity index (χ4n) is 11.3. The zero-order valence-electron chi connectivity index (χ0n) is 34.9. The van der Waals surface area contributed by atoms with Crippen LogP contribution in [0, 0.1) is 0 Å². The van der Waals surface area contributed by atoms with Gasteiger partial charge >= 0.3 is 0 Å². The minimum atomic E-state index is -0.553. The molecule has 1 heterocycles. The molecule has 12 rings (SSSR count). The van der Waals surface area contributed by atoms with Crippen LogP contribution < -0.4 is 0 Å². The highest BCUT2D eigenvalue weighted by molar-refractivity contribution is 5.97. The molecule has 0 aliphatic heterocycles. The van der Waals surface area contributed by atoms with E-state index in [-0.39, 0.29) is 10.8 Å². The van der Waals surface area contributed by atoms with Crippen molar-refractivity contribution in [1.29, 1.82) is 0 Å². The summed E-state index contributed by atoms with van der Waals surface area (Å²) < 4.78 is 0. The lowest BCUT2D eigenvalue weighted by molar-refractivity contribution is 0.563. The maximum atomic E-state index is 5.44. The third-order valence-corrected chi connectivity index (χ3v) is 14.2. The van der Waals surface area contributed by atoms with Gasteiger partial charge < -0.3 is 0 Å². The zero-order valence-corrected chi connectivity index (χ0v) is 34.9. The monoisotopic (exact) mass is 780 g/mol. The first-order chi connectivity index (χ1) is 29.8. The molecule has 0 bridgehead atoms. The lowest BCUT2D eigenvalue weighted by atomic mass is 9.55. The van der Waals surface area contributed by atoms with Crippen molar-refractivity contribution in [3.8, 4) is 67.3 Å². The van der Waals surface area contributed by atoms with Gasteiger partial charge in [-0.3, -0.25) is 0 Å². The molecule has 0 radical (unpaired) electrons. The molecule has 0 saturated heterocycles. The van der Waals surface area contributed by atoms with Crippen molar-refractivity contribution in [2.45, 2.75) is 43.9 Å². The SMILES string of the molecule is CC1(C)c2ccccc2-c2ccc(-c3ccc4c(c3)-c3c(-c5nc(-c6ccccc6)cc(-c6ccccc6)n5)cccc3C43c4ccccc4C(C)(C)c4ccccc43)cc21. The van der Waals surface area contributed by atoms with E-state index in [1.165, 1.54) is 77.9 Å². The van der Waals surface area contributed by atoms with Crippen LogP contribution in [0.15, 0.2) is 194 Å². The predicted octanol–water partition coefficient (Wildman–Crippen LogP) is 14.5. The topological polar surface area (TPSA) is 25.8 Å². The number of hydrogen-bond donors (Lipinski definition) is 0. The smallest absolute Gasteiger partial charge is 0.161 e. The summed E-state index contributed by atoms with van der Waals surface area (Å²) in [7, 11) is 0. The third kappa shape index (κ3) is 4.97. The molecular formula is C59H44N2. The summed E-state index contributed by atoms with van der Waals surface area (Å²) in [5.74, 6) is 0.722. The van der Waals surface area contributed by atoms with Crippen LogP contribution in [0.3, 0.4) is 0 Å². The van der Waals surface area contributed by atoms with Crippen molar-refractivity contribution in [3.63, 3.8) is 0 Å². The predicted molar refractivity (Wildman–Crippen MR) is 251 cm³/mol. The van der Waals surface area contributed by atoms with Gasteiger partial charge in [0.2, 0.25) is 0 Å². The summed E-state index contributed by atoms with van der Waals surface area (Å²) in [6, 6.07) is 71.6. The minimum Gasteiger partial charge on any atom is -0.228 e. The fourth-order valence-corrected chi connectivity index (χ4v) is 11.3. The van der Waals surface area contributed by atoms with Crippen LogP contribution in [0.4, 0.5) is 0 Å². The fraction of sp³-hybridized carbons (Fsp3) is 0.119. The minimum absolute atomic E-state index is 0.0949. The molecule has 0 amide bonds. The third-order valence-electron chi connectivity index (χ3n) is 14.2. The largest absolute Gasteiger partial charge is 0.228 e. The van der Waals surface area contributed by atoms with E-state index >= 15 is 0 Å². The second kappa shape index (κ2) is 12.9. The molecule has 3 aliphatic rings. The second-order valence-electron chi connectivity index (χ2n) is 18.1. The standard InChI is InChI=1S/C59H44N2/c1-57(2)45-24-12-11-22-41(45)42-32-30-40(35-52(42)57)39-31-33-46-44(34-39)55-43(56-60-53(37-18-7-5-8-19-37)36-54(61-56)38-20-9-6-10-21-38)23-17-29-51(55)59(46)49-27-15-13-25-47(49)58(3,4)48-26-14-16-28-50(48)59/h5-36H,1-4H3. The molecule has 8 aromatic carbocycles. The van der Waals surface area contributed by atoms with Crippen molar-refractivity contribution in [3.05, 3.63) is 239 Å². The number of aromatic nitrogens is 2. The highest BCUT2D eigenvalue weighted by atomic mass is 14.9. The Labute approximate surface area is 358 Å². The average molecular weight is 781 g/mol. The van der Waals surface area contributed by atoms with E-state index in [2.05, 4.69) is 222 Å². The van der Waals surface area contributed by atoms with Gasteiger partial charge in [0.25, 0.3) is 0 Å². The highest BCUT2D eigenvalue weighted by Gasteiger charge is 2.54. The van der Waals surface area contributed by atoms with Gasteiger partial charge in [0.15, 0.2) is 5.82 Å². The van der Waals surface area contributed by atoms with E-state index in [4.69, 9.17) is 9.97 Å². The Morgan fingerprint density at radius 3 is 1.41 bits per heavy atom. The summed E-state index contributed by atoms with van der Waals surface area (Å²) in [4.78, 5) is 10.9. The van der Waals surface area contributed by atoms with E-state index in [1.807, 2.05) is 0 Å². The molecule has 290 valence electrons. The van der Waals surface area contributed by atoms with Gasteiger partial charge in [0.1, 0.15) is 0 Å². The quantitative estimate of drug-likeness (QED) is 0.178. The maximum absolute atomic E-state index is 5.44. The Morgan fingerprint density at radius 2 is 0.770 bits per heavy atom. The Hall–Kier alpha value is -7.16. The van der Waals surface area contributed by atoms with Crippen molar-refractivity contribution in [2.75, 3.05) is 0 Å². The van der Waals surface area contributed by atoms with E-state index in [1.54, 1.807) is 0 Å². The van der Waals surface area contributed by atoms with Crippen LogP contribution in [-0.4, -0.2) is 9.97 Å². The Bertz CT molecular complexity index is 3140. The lowest BCUT2D eigenvalue weighted by Gasteiger charge is -2.46. The normalized spacial score (nSPS) is 15.3. The van der Waals surface area contributed by atoms with Gasteiger partial charge in [-0.25, -0.2) is 9.97 Å². The molecule has 2 heteroatoms. The first kappa shape index (κ1) is 35.8. The molecule has 0 N–H and O–H groups in total. The van der Waals surface area contributed by atoms with Gasteiger partial charge in [-0.05, 0) is 96.1 Å². The molecule has 1 aromatic heterocycles. The molecule has 2 nitrogen and oxygen atoms in total. The van der Waals surface area contributed by atoms with E-state index in [9.17, 15) is 0 Å². The number of benzene rings is 8. The summed E-state index contributed by atoms with van der Waals surface area (Å²) >= 11 is 0. The highest BCUT2D eigenvalue weighted by Crippen LogP contribution is 2.64. The van der Waals surface area contributed by atoms with Crippen LogP contribution in [-0.2, 0) is 16.2 Å². The molecule has 9 aromatic rings. The van der Waals surface area contributed by atoms with Gasteiger partial charge in [-0.1, -0.05) is 204 Å². The van der Waals surface area contributed by atoms with E-state index in [0.29, 0.717) is 0 Å². The second-order valence-corrected chi connectivity index (χ2v) is 18.1. The Kier molecular flexibility index (Phi) is 7.57. The number of hydrogen-bond acceptors (Lipinski definition) is 2. The summed E-state index contributed by atoms with van der Waals surface area (Å²) in [6.07, 6.45) is 0. The van der Waals surface area contributed by atoms with Crippen molar-refractivity contribution >= 4 is 0 Å². The molecule has 61 heavy (non-hydrogen) atoms. The van der Waals surface area contributed by atoms with Gasteiger partial charge in [0, 0.05) is 27.5 Å². The van der Waals surface area contributed by atoms with E-state index < -0.39 is 5.41 Å². The average Bonchev–Trinajstić information content (AvgIpc) is 3.74. The molecule has 3 aliphatic carbocycles. The molecule has 0 unspecified atom stereocenters. The molecule has 0 saturated carbocycles. The summed E-state index contributed by atoms with van der Waals surface area (Å²) in [6.45, 7) is 9.50. The number of rotatable bonds is 4. The van der Waals surface area contributed by atoms with Crippen LogP contribution in [0.1, 0.15) is 72.2 Å². The van der Waals surface area contributed by atoms with Gasteiger partial charge in [-0.15, -0.1) is 0 Å². The molecule has 0 fully saturated rings. The first-order valence-electron chi connectivity index (χ1n) is 21.5. The van der Waals surface area contributed by atoms with Crippen LogP contribution in [0.2, 0.25) is 0 Å². The van der Waals surface area contributed by atoms with Crippen molar-refractivity contribution in [2.24, 2.45) is 0 Å². The van der Waals surface area contributed by atoms with Crippen molar-refractivity contribution in [1.82, 2.24) is 9.97 Å². The Balaban J connectivity index is 1.16. The van der Waals surface area contributed by atoms with Gasteiger partial charge in [0.05, 0.1) is 16.8 Å². The van der Waals surface area contributed by atoms with Crippen molar-refractivity contribution < 1.29 is 0 Å². The van der Waals surface area contributed by atoms with Crippen LogP contribution in [0.5, 0.6) is 0 Å². The summed E-state index contributed by atoms with van der Waals surface area (Å²) in [5.41, 5.74) is 22.4. The molecular weight excluding hydrogens is 737 g/mol. The van der Waals surface area contributed by atoms with Crippen LogP contribution in [0.25, 0.3) is 67.3 Å². The first-order valence-corrected chi connectivity index (χ1v) is 21.5. The molecule has 0 atom stereocenters.